The molecule has 0 bridgehead atoms. The van der Waals surface area contributed by atoms with Crippen LogP contribution in [0.25, 0.3) is 0 Å². The summed E-state index contributed by atoms with van der Waals surface area (Å²) in [4.78, 5) is 24.3. The maximum absolute atomic E-state index is 12.0. The molecule has 24 heavy (non-hydrogen) atoms. The van der Waals surface area contributed by atoms with Gasteiger partial charge in [-0.3, -0.25) is 9.59 Å². The van der Waals surface area contributed by atoms with Gasteiger partial charge in [0.05, 0.1) is 0 Å². The predicted molar refractivity (Wildman–Crippen MR) is 95.4 cm³/mol. The molecule has 4 nitrogen and oxygen atoms in total. The lowest BCUT2D eigenvalue weighted by Crippen LogP contribution is -2.24. The number of amides is 1. The monoisotopic (exact) mass is 343 g/mol. The van der Waals surface area contributed by atoms with Crippen LogP contribution in [0.3, 0.4) is 0 Å². The maximum atomic E-state index is 12.0. The molecule has 1 atom stereocenters. The zero-order chi connectivity index (χ0) is 17.2. The SMILES string of the molecule is CC(=O)OC(CCC(=O)NCc1ccccc1)Sc1ccccc1. The molecule has 1 N–H and O–H groups in total. The fraction of sp³-hybridized carbons (Fsp3) is 0.263. The molecule has 0 spiro atoms. The molecule has 0 radical (unpaired) electrons. The average Bonchev–Trinajstić information content (AvgIpc) is 2.59. The summed E-state index contributed by atoms with van der Waals surface area (Å²) in [6, 6.07) is 19.5. The second kappa shape index (κ2) is 9.78. The van der Waals surface area contributed by atoms with E-state index in [4.69, 9.17) is 4.74 Å². The normalized spacial score (nSPS) is 11.5. The molecular formula is C19H21NO3S. The van der Waals surface area contributed by atoms with Crippen molar-refractivity contribution < 1.29 is 14.3 Å². The summed E-state index contributed by atoms with van der Waals surface area (Å²) in [6.45, 7) is 1.89. The van der Waals surface area contributed by atoms with Gasteiger partial charge in [0.2, 0.25) is 5.91 Å². The van der Waals surface area contributed by atoms with Crippen molar-refractivity contribution in [2.24, 2.45) is 0 Å². The van der Waals surface area contributed by atoms with Crippen LogP contribution in [0.5, 0.6) is 0 Å². The van der Waals surface area contributed by atoms with E-state index in [1.165, 1.54) is 18.7 Å². The largest absolute Gasteiger partial charge is 0.451 e. The molecule has 2 rings (SSSR count). The Bertz CT molecular complexity index is 646. The van der Waals surface area contributed by atoms with Crippen LogP contribution in [-0.4, -0.2) is 17.3 Å². The predicted octanol–water partition coefficient (Wildman–Crippen LogP) is 3.76. The van der Waals surface area contributed by atoms with Crippen molar-refractivity contribution in [1.82, 2.24) is 5.32 Å². The Balaban J connectivity index is 1.80. The zero-order valence-corrected chi connectivity index (χ0v) is 14.4. The number of nitrogens with one attached hydrogen (secondary N) is 1. The van der Waals surface area contributed by atoms with Gasteiger partial charge in [0, 0.05) is 31.2 Å². The van der Waals surface area contributed by atoms with Crippen molar-refractivity contribution in [2.45, 2.75) is 36.6 Å². The van der Waals surface area contributed by atoms with Gasteiger partial charge in [0.1, 0.15) is 0 Å². The standard InChI is InChI=1S/C19H21NO3S/c1-15(21)23-19(24-17-10-6-3-7-11-17)13-12-18(22)20-14-16-8-4-2-5-9-16/h2-11,19H,12-14H2,1H3,(H,20,22). The van der Waals surface area contributed by atoms with Crippen molar-refractivity contribution in [3.05, 3.63) is 66.2 Å². The number of esters is 1. The number of carbonyl (C=O) groups excluding carboxylic acids is 2. The summed E-state index contributed by atoms with van der Waals surface area (Å²) in [5.41, 5.74) is 0.688. The number of carbonyl (C=O) groups is 2. The van der Waals surface area contributed by atoms with Crippen LogP contribution in [0.15, 0.2) is 65.6 Å². The minimum Gasteiger partial charge on any atom is -0.451 e. The number of benzene rings is 2. The summed E-state index contributed by atoms with van der Waals surface area (Å²) in [5.74, 6) is -0.391. The lowest BCUT2D eigenvalue weighted by atomic mass is 10.2. The van der Waals surface area contributed by atoms with E-state index in [1.54, 1.807) is 0 Å². The van der Waals surface area contributed by atoms with Gasteiger partial charge < -0.3 is 10.1 Å². The van der Waals surface area contributed by atoms with E-state index in [1.807, 2.05) is 60.7 Å². The van der Waals surface area contributed by atoms with Crippen molar-refractivity contribution in [1.29, 1.82) is 0 Å². The molecule has 1 unspecified atom stereocenters. The van der Waals surface area contributed by atoms with Crippen LogP contribution >= 0.6 is 11.8 Å². The molecule has 0 heterocycles. The van der Waals surface area contributed by atoms with Crippen LogP contribution in [0.2, 0.25) is 0 Å². The Morgan fingerprint density at radius 3 is 2.29 bits per heavy atom. The molecular weight excluding hydrogens is 322 g/mol. The van der Waals surface area contributed by atoms with Crippen LogP contribution in [0.1, 0.15) is 25.3 Å². The van der Waals surface area contributed by atoms with Gasteiger partial charge in [-0.15, -0.1) is 0 Å². The topological polar surface area (TPSA) is 55.4 Å². The molecule has 126 valence electrons. The first-order valence-corrected chi connectivity index (χ1v) is 8.71. The Morgan fingerprint density at radius 2 is 1.67 bits per heavy atom. The number of hydrogen-bond acceptors (Lipinski definition) is 4. The second-order valence-electron chi connectivity index (χ2n) is 5.27. The van der Waals surface area contributed by atoms with Crippen molar-refractivity contribution >= 4 is 23.6 Å². The number of rotatable bonds is 8. The highest BCUT2D eigenvalue weighted by Crippen LogP contribution is 2.27. The van der Waals surface area contributed by atoms with Crippen molar-refractivity contribution in [3.8, 4) is 0 Å². The van der Waals surface area contributed by atoms with Crippen molar-refractivity contribution in [2.75, 3.05) is 0 Å². The minimum atomic E-state index is -0.368. The van der Waals surface area contributed by atoms with E-state index in [0.717, 1.165) is 10.5 Å². The molecule has 1 amide bonds. The summed E-state index contributed by atoms with van der Waals surface area (Å²) < 4.78 is 5.31. The van der Waals surface area contributed by atoms with Crippen molar-refractivity contribution in [3.63, 3.8) is 0 Å². The van der Waals surface area contributed by atoms with Gasteiger partial charge in [0.15, 0.2) is 5.44 Å². The van der Waals surface area contributed by atoms with Crippen LogP contribution < -0.4 is 5.32 Å². The molecule has 0 aliphatic carbocycles. The van der Waals surface area contributed by atoms with Gasteiger partial charge in [0.25, 0.3) is 0 Å². The lowest BCUT2D eigenvalue weighted by molar-refractivity contribution is -0.143. The number of ether oxygens (including phenoxy) is 1. The fourth-order valence-electron chi connectivity index (χ4n) is 2.11. The molecule has 2 aromatic rings. The Kier molecular flexibility index (Phi) is 7.36. The van der Waals surface area contributed by atoms with E-state index in [-0.39, 0.29) is 17.3 Å². The summed E-state index contributed by atoms with van der Waals surface area (Å²) >= 11 is 1.45. The van der Waals surface area contributed by atoms with Gasteiger partial charge in [-0.2, -0.15) is 0 Å². The third kappa shape index (κ3) is 6.87. The molecule has 2 aromatic carbocycles. The Labute approximate surface area is 146 Å². The fourth-order valence-corrected chi connectivity index (χ4v) is 3.15. The van der Waals surface area contributed by atoms with E-state index in [0.29, 0.717) is 19.4 Å². The van der Waals surface area contributed by atoms with Gasteiger partial charge in [-0.25, -0.2) is 0 Å². The highest BCUT2D eigenvalue weighted by atomic mass is 32.2. The van der Waals surface area contributed by atoms with Gasteiger partial charge >= 0.3 is 5.97 Å². The van der Waals surface area contributed by atoms with E-state index >= 15 is 0 Å². The molecule has 5 heteroatoms. The van der Waals surface area contributed by atoms with Gasteiger partial charge in [-0.1, -0.05) is 60.3 Å². The Hall–Kier alpha value is -2.27. The molecule has 0 aliphatic heterocycles. The number of hydrogen-bond donors (Lipinski definition) is 1. The molecule has 0 saturated carbocycles. The van der Waals surface area contributed by atoms with Gasteiger partial charge in [-0.05, 0) is 17.7 Å². The third-order valence-corrected chi connectivity index (χ3v) is 4.39. The summed E-state index contributed by atoms with van der Waals surface area (Å²) in [7, 11) is 0. The maximum Gasteiger partial charge on any atom is 0.303 e. The lowest BCUT2D eigenvalue weighted by Gasteiger charge is -2.16. The first kappa shape index (κ1) is 18.1. The zero-order valence-electron chi connectivity index (χ0n) is 13.6. The quantitative estimate of drug-likeness (QED) is 0.450. The summed E-state index contributed by atoms with van der Waals surface area (Å²) in [5, 5.41) is 2.88. The molecule has 0 aliphatic rings. The second-order valence-corrected chi connectivity index (χ2v) is 6.50. The smallest absolute Gasteiger partial charge is 0.303 e. The van der Waals surface area contributed by atoms with Crippen LogP contribution in [-0.2, 0) is 20.9 Å². The molecule has 0 saturated heterocycles. The summed E-state index contributed by atoms with van der Waals surface area (Å²) in [6.07, 6.45) is 0.782. The van der Waals surface area contributed by atoms with E-state index in [2.05, 4.69) is 5.32 Å². The van der Waals surface area contributed by atoms with Crippen LogP contribution in [0.4, 0.5) is 0 Å². The van der Waals surface area contributed by atoms with Crippen LogP contribution in [0, 0.1) is 0 Å². The highest BCUT2D eigenvalue weighted by Gasteiger charge is 2.15. The van der Waals surface area contributed by atoms with E-state index < -0.39 is 0 Å². The number of thioether (sulfide) groups is 1. The van der Waals surface area contributed by atoms with E-state index in [9.17, 15) is 9.59 Å². The highest BCUT2D eigenvalue weighted by molar-refractivity contribution is 7.99. The first-order chi connectivity index (χ1) is 11.6. The minimum absolute atomic E-state index is 0.0512. The molecule has 0 aromatic heterocycles. The third-order valence-electron chi connectivity index (χ3n) is 3.25. The first-order valence-electron chi connectivity index (χ1n) is 7.83. The molecule has 0 fully saturated rings. The Morgan fingerprint density at radius 1 is 1.04 bits per heavy atom. The average molecular weight is 343 g/mol.